The van der Waals surface area contributed by atoms with Gasteiger partial charge in [-0.1, -0.05) is 29.8 Å². The Morgan fingerprint density at radius 1 is 1.27 bits per heavy atom. The van der Waals surface area contributed by atoms with Crippen LogP contribution in [0, 0.1) is 12.3 Å². The molecule has 4 rings (SSSR count). The highest BCUT2D eigenvalue weighted by atomic mass is 32.2. The highest BCUT2D eigenvalue weighted by Crippen LogP contribution is 2.58. The number of Topliss-reactive ketones (excluding diaryl/α,β-unsaturated/α-hetero) is 1. The highest BCUT2D eigenvalue weighted by molar-refractivity contribution is 7.99. The molecular weight excluding hydrogens is 294 g/mol. The van der Waals surface area contributed by atoms with Crippen molar-refractivity contribution in [1.82, 2.24) is 4.57 Å². The molecule has 0 bridgehead atoms. The Morgan fingerprint density at radius 2 is 2.05 bits per heavy atom. The maximum Gasteiger partial charge on any atom is 0.189 e. The minimum atomic E-state index is -0.672. The number of hydrogen-bond acceptors (Lipinski definition) is 3. The molecule has 1 N–H and O–H groups in total. The molecule has 0 saturated carbocycles. The lowest BCUT2D eigenvalue weighted by Gasteiger charge is -2.39. The Kier molecular flexibility index (Phi) is 3.20. The molecule has 1 spiro atoms. The van der Waals surface area contributed by atoms with E-state index >= 15 is 0 Å². The molecule has 0 radical (unpaired) electrons. The molecular formula is C18H19NO2S. The first-order valence-electron chi connectivity index (χ1n) is 7.69. The molecule has 3 heterocycles. The Bertz CT molecular complexity index is 721. The van der Waals surface area contributed by atoms with Crippen molar-refractivity contribution in [1.29, 1.82) is 0 Å². The lowest BCUT2D eigenvalue weighted by Crippen LogP contribution is -2.47. The van der Waals surface area contributed by atoms with Crippen molar-refractivity contribution < 1.29 is 9.90 Å². The number of thioether (sulfide) groups is 1. The van der Waals surface area contributed by atoms with Gasteiger partial charge in [0.1, 0.15) is 0 Å². The number of aliphatic hydroxyl groups excluding tert-OH is 1. The van der Waals surface area contributed by atoms with Gasteiger partial charge in [0.15, 0.2) is 5.78 Å². The van der Waals surface area contributed by atoms with E-state index in [0.717, 1.165) is 17.8 Å². The number of carbonyl (C=O) groups excluding carboxylic acids is 1. The van der Waals surface area contributed by atoms with Crippen LogP contribution in [0.3, 0.4) is 0 Å². The summed E-state index contributed by atoms with van der Waals surface area (Å²) in [4.78, 5) is 13.2. The topological polar surface area (TPSA) is 42.2 Å². The number of ketones is 1. The fraction of sp³-hybridized carbons (Fsp3) is 0.389. The van der Waals surface area contributed by atoms with E-state index in [1.54, 1.807) is 11.8 Å². The molecule has 22 heavy (non-hydrogen) atoms. The number of hydrogen-bond donors (Lipinski definition) is 1. The Labute approximate surface area is 134 Å². The molecule has 4 heteroatoms. The van der Waals surface area contributed by atoms with Crippen molar-refractivity contribution >= 4 is 17.5 Å². The van der Waals surface area contributed by atoms with E-state index in [2.05, 4.69) is 31.2 Å². The smallest absolute Gasteiger partial charge is 0.189 e. The van der Waals surface area contributed by atoms with Crippen LogP contribution in [-0.4, -0.2) is 27.3 Å². The summed E-state index contributed by atoms with van der Waals surface area (Å²) in [5.74, 6) is 0.733. The van der Waals surface area contributed by atoms with Gasteiger partial charge < -0.3 is 9.67 Å². The number of benzene rings is 1. The fourth-order valence-electron chi connectivity index (χ4n) is 3.84. The van der Waals surface area contributed by atoms with Gasteiger partial charge in [-0.2, -0.15) is 0 Å². The summed E-state index contributed by atoms with van der Waals surface area (Å²) in [6.45, 7) is 2.86. The van der Waals surface area contributed by atoms with E-state index in [1.165, 1.54) is 5.56 Å². The second kappa shape index (κ2) is 5.00. The Balaban J connectivity index is 1.81. The maximum atomic E-state index is 13.2. The average Bonchev–Trinajstić information content (AvgIpc) is 3.11. The molecule has 3 atom stereocenters. The molecule has 2 aromatic rings. The molecule has 114 valence electrons. The standard InChI is InChI=1S/C18H19NO2S/c1-12-4-6-13(7-5-12)17-18(15(20)11-22-17)8-10-19-9-2-3-14(19)16(18)21/h2-7,9,15,17,20H,8,10-11H2,1H3/t15-,17-,18-/m1/s1. The molecule has 1 saturated heterocycles. The van der Waals surface area contributed by atoms with E-state index in [-0.39, 0.29) is 11.0 Å². The van der Waals surface area contributed by atoms with Crippen LogP contribution in [0.1, 0.15) is 33.3 Å². The number of aryl methyl sites for hydroxylation is 2. The summed E-state index contributed by atoms with van der Waals surface area (Å²) in [7, 11) is 0. The molecule has 1 fully saturated rings. The largest absolute Gasteiger partial charge is 0.391 e. The number of aliphatic hydroxyl groups is 1. The van der Waals surface area contributed by atoms with E-state index in [9.17, 15) is 9.90 Å². The van der Waals surface area contributed by atoms with Gasteiger partial charge in [0.2, 0.25) is 0 Å². The van der Waals surface area contributed by atoms with Gasteiger partial charge in [-0.3, -0.25) is 4.79 Å². The van der Waals surface area contributed by atoms with Crippen molar-refractivity contribution in [3.05, 3.63) is 59.4 Å². The number of fused-ring (bicyclic) bond motifs is 1. The second-order valence-electron chi connectivity index (χ2n) is 6.35. The van der Waals surface area contributed by atoms with Crippen molar-refractivity contribution in [2.75, 3.05) is 5.75 Å². The number of rotatable bonds is 1. The van der Waals surface area contributed by atoms with Crippen LogP contribution in [0.15, 0.2) is 42.6 Å². The van der Waals surface area contributed by atoms with Crippen LogP contribution in [0.4, 0.5) is 0 Å². The minimum Gasteiger partial charge on any atom is -0.391 e. The predicted octanol–water partition coefficient (Wildman–Crippen LogP) is 3.22. The quantitative estimate of drug-likeness (QED) is 0.879. The Hall–Kier alpha value is -1.52. The zero-order valence-corrected chi connectivity index (χ0v) is 13.3. The summed E-state index contributed by atoms with van der Waals surface area (Å²) in [6.07, 6.45) is 2.09. The van der Waals surface area contributed by atoms with Gasteiger partial charge in [-0.05, 0) is 31.0 Å². The van der Waals surface area contributed by atoms with Gasteiger partial charge in [0.25, 0.3) is 0 Å². The lowest BCUT2D eigenvalue weighted by atomic mass is 9.68. The lowest BCUT2D eigenvalue weighted by molar-refractivity contribution is 0.0273. The van der Waals surface area contributed by atoms with Crippen LogP contribution in [0.2, 0.25) is 0 Å². The van der Waals surface area contributed by atoms with E-state index in [4.69, 9.17) is 0 Å². The first-order chi connectivity index (χ1) is 10.6. The first-order valence-corrected chi connectivity index (χ1v) is 8.74. The van der Waals surface area contributed by atoms with Gasteiger partial charge in [-0.25, -0.2) is 0 Å². The maximum absolute atomic E-state index is 13.2. The fourth-order valence-corrected chi connectivity index (χ4v) is 5.54. The molecule has 3 nitrogen and oxygen atoms in total. The predicted molar refractivity (Wildman–Crippen MR) is 88.2 cm³/mol. The van der Waals surface area contributed by atoms with Crippen molar-refractivity contribution in [3.8, 4) is 0 Å². The van der Waals surface area contributed by atoms with Crippen LogP contribution >= 0.6 is 11.8 Å². The first kappa shape index (κ1) is 14.1. The Morgan fingerprint density at radius 3 is 2.82 bits per heavy atom. The molecule has 2 aliphatic rings. The van der Waals surface area contributed by atoms with Crippen molar-refractivity contribution in [2.24, 2.45) is 5.41 Å². The van der Waals surface area contributed by atoms with Gasteiger partial charge in [0.05, 0.1) is 17.2 Å². The zero-order valence-electron chi connectivity index (χ0n) is 12.5. The van der Waals surface area contributed by atoms with Gasteiger partial charge in [-0.15, -0.1) is 11.8 Å². The van der Waals surface area contributed by atoms with E-state index < -0.39 is 11.5 Å². The summed E-state index contributed by atoms with van der Waals surface area (Å²) in [5, 5.41) is 10.7. The van der Waals surface area contributed by atoms with Crippen LogP contribution < -0.4 is 0 Å². The average molecular weight is 313 g/mol. The van der Waals surface area contributed by atoms with Gasteiger partial charge in [0, 0.05) is 23.7 Å². The highest BCUT2D eigenvalue weighted by Gasteiger charge is 2.57. The summed E-state index contributed by atoms with van der Waals surface area (Å²) in [5.41, 5.74) is 2.43. The third kappa shape index (κ3) is 1.83. The number of nitrogens with zero attached hydrogens (tertiary/aromatic N) is 1. The normalized spacial score (nSPS) is 30.7. The molecule has 2 aliphatic heterocycles. The van der Waals surface area contributed by atoms with Gasteiger partial charge >= 0.3 is 0 Å². The summed E-state index contributed by atoms with van der Waals surface area (Å²) >= 11 is 1.72. The number of carbonyl (C=O) groups is 1. The van der Waals surface area contributed by atoms with Crippen molar-refractivity contribution in [3.63, 3.8) is 0 Å². The minimum absolute atomic E-state index is 0.0410. The van der Waals surface area contributed by atoms with Crippen molar-refractivity contribution in [2.45, 2.75) is 31.2 Å². The van der Waals surface area contributed by atoms with E-state index in [0.29, 0.717) is 12.2 Å². The SMILES string of the molecule is Cc1ccc([C@H]2SC[C@@H](O)[C@@]23CCn2cccc2C3=O)cc1. The van der Waals surface area contributed by atoms with Crippen LogP contribution in [0.25, 0.3) is 0 Å². The number of aromatic nitrogens is 1. The van der Waals surface area contributed by atoms with Crippen LogP contribution in [0.5, 0.6) is 0 Å². The third-order valence-electron chi connectivity index (χ3n) is 5.11. The monoisotopic (exact) mass is 313 g/mol. The zero-order chi connectivity index (χ0) is 15.3. The third-order valence-corrected chi connectivity index (χ3v) is 6.65. The molecule has 1 aromatic heterocycles. The summed E-state index contributed by atoms with van der Waals surface area (Å²) < 4.78 is 2.01. The summed E-state index contributed by atoms with van der Waals surface area (Å²) in [6, 6.07) is 12.2. The molecule has 0 aliphatic carbocycles. The van der Waals surface area contributed by atoms with E-state index in [1.807, 2.05) is 22.9 Å². The molecule has 0 unspecified atom stereocenters. The molecule has 0 amide bonds. The molecule has 1 aromatic carbocycles. The van der Waals surface area contributed by atoms with Crippen LogP contribution in [-0.2, 0) is 6.54 Å². The second-order valence-corrected chi connectivity index (χ2v) is 7.48.